The Labute approximate surface area is 44.4 Å². The van der Waals surface area contributed by atoms with Gasteiger partial charge in [-0.25, -0.2) is 0 Å². The summed E-state index contributed by atoms with van der Waals surface area (Å²) in [7, 11) is 3.00. The van der Waals surface area contributed by atoms with Gasteiger partial charge in [0.05, 0.1) is 0 Å². The third-order valence-corrected chi connectivity index (χ3v) is 0. The molecule has 0 saturated heterocycles. The predicted molar refractivity (Wildman–Crippen MR) is 31.1 cm³/mol. The van der Waals surface area contributed by atoms with E-state index in [0.717, 1.165) is 0 Å². The molecule has 0 atom stereocenters. The van der Waals surface area contributed by atoms with E-state index in [1.807, 2.05) is 0 Å². The van der Waals surface area contributed by atoms with Crippen LogP contribution in [-0.4, -0.2) is 19.6 Å². The first-order valence-corrected chi connectivity index (χ1v) is 1.15. The topological polar surface area (TPSA) is 83.5 Å². The molecule has 6 heavy (non-hydrogen) atoms. The highest BCUT2D eigenvalue weighted by atomic mass is 35.5. The first-order chi connectivity index (χ1) is 2.00. The molecule has 0 aromatic rings. The Morgan fingerprint density at radius 2 is 0.833 bits per heavy atom. The second-order valence-corrected chi connectivity index (χ2v) is 0. The highest BCUT2D eigenvalue weighted by Gasteiger charge is 0.838. The molecule has 0 spiro atoms. The zero-order chi connectivity index (χ0) is 4.00. The van der Waals surface area contributed by atoms with Crippen molar-refractivity contribution in [3.63, 3.8) is 0 Å². The minimum absolute atomic E-state index is 0. The fourth-order valence-electron chi connectivity index (χ4n) is 0. The molecule has 0 aromatic carbocycles. The molecular formula is C2H13ClN2O. The molecule has 0 unspecified atom stereocenters. The van der Waals surface area contributed by atoms with Crippen molar-refractivity contribution in [2.24, 2.45) is 11.5 Å². The van der Waals surface area contributed by atoms with E-state index in [1.54, 1.807) is 0 Å². The first-order valence-electron chi connectivity index (χ1n) is 1.15. The molecule has 6 N–H and O–H groups in total. The Balaban J connectivity index is -0.00000000500. The molecule has 0 aliphatic heterocycles. The number of hydrogen-bond donors (Lipinski definition) is 2. The Hall–Kier alpha value is 0.170. The van der Waals surface area contributed by atoms with Crippen molar-refractivity contribution in [3.05, 3.63) is 0 Å². The Morgan fingerprint density at radius 3 is 0.833 bits per heavy atom. The molecular weight excluding hydrogens is 103 g/mol. The van der Waals surface area contributed by atoms with Crippen molar-refractivity contribution in [2.75, 3.05) is 14.1 Å². The Kier molecular flexibility index (Phi) is 18200. The van der Waals surface area contributed by atoms with E-state index in [0.29, 0.717) is 0 Å². The Bertz CT molecular complexity index is 11.5. The summed E-state index contributed by atoms with van der Waals surface area (Å²) < 4.78 is 0. The SMILES string of the molecule is CN.CN.Cl.O. The fraction of sp³-hybridized carbons (Fsp3) is 1.00. The zero-order valence-corrected chi connectivity index (χ0v) is 4.88. The van der Waals surface area contributed by atoms with Crippen molar-refractivity contribution in [2.45, 2.75) is 0 Å². The smallest absolute Gasteiger partial charge is 0.0195 e. The molecule has 0 heterocycles. The second kappa shape index (κ2) is 3110. The molecule has 0 fully saturated rings. The lowest BCUT2D eigenvalue weighted by Crippen LogP contribution is -1.69. The maximum absolute atomic E-state index is 4.50. The van der Waals surface area contributed by atoms with E-state index in [1.165, 1.54) is 14.1 Å². The summed E-state index contributed by atoms with van der Waals surface area (Å²) >= 11 is 0. The summed E-state index contributed by atoms with van der Waals surface area (Å²) in [6.07, 6.45) is 0. The van der Waals surface area contributed by atoms with Gasteiger partial charge in [-0.05, 0) is 14.1 Å². The van der Waals surface area contributed by atoms with E-state index in [2.05, 4.69) is 11.5 Å². The average Bonchev–Trinajstić information content (AvgIpc) is 1.50. The van der Waals surface area contributed by atoms with E-state index in [-0.39, 0.29) is 17.9 Å². The van der Waals surface area contributed by atoms with Crippen LogP contribution < -0.4 is 11.5 Å². The van der Waals surface area contributed by atoms with Crippen molar-refractivity contribution in [1.82, 2.24) is 0 Å². The van der Waals surface area contributed by atoms with Crippen molar-refractivity contribution >= 4 is 12.4 Å². The summed E-state index contributed by atoms with van der Waals surface area (Å²) in [5, 5.41) is 0. The highest BCUT2D eigenvalue weighted by molar-refractivity contribution is 5.85. The van der Waals surface area contributed by atoms with Crippen molar-refractivity contribution in [1.29, 1.82) is 0 Å². The molecule has 0 bridgehead atoms. The summed E-state index contributed by atoms with van der Waals surface area (Å²) in [6.45, 7) is 0. The van der Waals surface area contributed by atoms with Crippen LogP contribution in [0.2, 0.25) is 0 Å². The predicted octanol–water partition coefficient (Wildman–Crippen LogP) is -1.25. The van der Waals surface area contributed by atoms with Gasteiger partial charge < -0.3 is 16.9 Å². The van der Waals surface area contributed by atoms with Gasteiger partial charge in [-0.15, -0.1) is 12.4 Å². The maximum atomic E-state index is 4.50. The third kappa shape index (κ3) is 1450. The monoisotopic (exact) mass is 116 g/mol. The molecule has 0 aromatic heterocycles. The van der Waals surface area contributed by atoms with Gasteiger partial charge in [-0.3, -0.25) is 0 Å². The van der Waals surface area contributed by atoms with Crippen LogP contribution >= 0.6 is 12.4 Å². The molecule has 0 radical (unpaired) electrons. The summed E-state index contributed by atoms with van der Waals surface area (Å²) in [5.41, 5.74) is 9.00. The van der Waals surface area contributed by atoms with Gasteiger partial charge in [0.2, 0.25) is 0 Å². The molecule has 0 amide bonds. The largest absolute Gasteiger partial charge is 0.412 e. The van der Waals surface area contributed by atoms with Crippen LogP contribution in [0, 0.1) is 0 Å². The van der Waals surface area contributed by atoms with Crippen molar-refractivity contribution in [3.8, 4) is 0 Å². The number of hydrogen-bond acceptors (Lipinski definition) is 2. The lowest BCUT2D eigenvalue weighted by atomic mass is 11.6. The van der Waals surface area contributed by atoms with Gasteiger partial charge in [0.25, 0.3) is 0 Å². The van der Waals surface area contributed by atoms with Crippen LogP contribution in [0.15, 0.2) is 0 Å². The van der Waals surface area contributed by atoms with Crippen LogP contribution in [0.1, 0.15) is 0 Å². The van der Waals surface area contributed by atoms with E-state index in [4.69, 9.17) is 0 Å². The molecule has 0 aliphatic carbocycles. The van der Waals surface area contributed by atoms with E-state index >= 15 is 0 Å². The Morgan fingerprint density at radius 1 is 0.833 bits per heavy atom. The van der Waals surface area contributed by atoms with Crippen LogP contribution in [0.5, 0.6) is 0 Å². The quantitative estimate of drug-likeness (QED) is 0.415. The van der Waals surface area contributed by atoms with E-state index < -0.39 is 0 Å². The van der Waals surface area contributed by atoms with Crippen molar-refractivity contribution < 1.29 is 5.48 Å². The number of nitrogens with two attached hydrogens (primary N) is 2. The fourth-order valence-corrected chi connectivity index (χ4v) is 0. The molecule has 0 aliphatic rings. The van der Waals surface area contributed by atoms with Gasteiger partial charge in [0, 0.05) is 0 Å². The maximum Gasteiger partial charge on any atom is -0.0195 e. The second-order valence-electron chi connectivity index (χ2n) is 0. The normalized spacial score (nSPS) is 2.00. The lowest BCUT2D eigenvalue weighted by Gasteiger charge is -1.19. The number of rotatable bonds is 0. The first kappa shape index (κ1) is 35.0. The molecule has 3 nitrogen and oxygen atoms in total. The molecule has 0 rings (SSSR count). The third-order valence-electron chi connectivity index (χ3n) is 0. The average molecular weight is 117 g/mol. The van der Waals surface area contributed by atoms with Crippen LogP contribution in [0.3, 0.4) is 0 Å². The molecule has 4 heteroatoms. The van der Waals surface area contributed by atoms with E-state index in [9.17, 15) is 0 Å². The summed E-state index contributed by atoms with van der Waals surface area (Å²) in [5.74, 6) is 0. The van der Waals surface area contributed by atoms with Gasteiger partial charge in [-0.1, -0.05) is 0 Å². The van der Waals surface area contributed by atoms with Crippen LogP contribution in [0.4, 0.5) is 0 Å². The number of halogens is 1. The zero-order valence-electron chi connectivity index (χ0n) is 4.06. The summed E-state index contributed by atoms with van der Waals surface area (Å²) in [6, 6.07) is 0. The van der Waals surface area contributed by atoms with Gasteiger partial charge in [0.1, 0.15) is 0 Å². The van der Waals surface area contributed by atoms with Gasteiger partial charge >= 0.3 is 0 Å². The van der Waals surface area contributed by atoms with Gasteiger partial charge in [0.15, 0.2) is 0 Å². The lowest BCUT2D eigenvalue weighted by molar-refractivity contribution is 0.824. The molecule has 0 saturated carbocycles. The molecule has 44 valence electrons. The minimum atomic E-state index is 0. The standard InChI is InChI=1S/2CH5N.ClH.H2O/c2*1-2;;/h2*2H2,1H3;1H;1H2. The minimum Gasteiger partial charge on any atom is -0.412 e. The summed E-state index contributed by atoms with van der Waals surface area (Å²) in [4.78, 5) is 0. The van der Waals surface area contributed by atoms with Crippen LogP contribution in [0.25, 0.3) is 0 Å². The van der Waals surface area contributed by atoms with Gasteiger partial charge in [-0.2, -0.15) is 0 Å². The van der Waals surface area contributed by atoms with Crippen LogP contribution in [-0.2, 0) is 0 Å². The highest BCUT2D eigenvalue weighted by Crippen LogP contribution is 0.690.